The Hall–Kier alpha value is -2.08. The van der Waals surface area contributed by atoms with Gasteiger partial charge in [-0.15, -0.1) is 0 Å². The van der Waals surface area contributed by atoms with E-state index in [1.54, 1.807) is 24.3 Å². The van der Waals surface area contributed by atoms with Gasteiger partial charge in [0.05, 0.1) is 18.6 Å². The lowest BCUT2D eigenvalue weighted by Crippen LogP contribution is -2.47. The quantitative estimate of drug-likeness (QED) is 0.764. The van der Waals surface area contributed by atoms with Gasteiger partial charge in [0.2, 0.25) is 0 Å². The Morgan fingerprint density at radius 2 is 2.10 bits per heavy atom. The molecular formula is C15H20N2O4. The Labute approximate surface area is 123 Å². The molecule has 1 aromatic carbocycles. The second-order valence-corrected chi connectivity index (χ2v) is 5.07. The van der Waals surface area contributed by atoms with Gasteiger partial charge in [0, 0.05) is 13.2 Å². The average Bonchev–Trinajstić information content (AvgIpc) is 2.49. The number of carboxylic acids is 1. The first-order valence-corrected chi connectivity index (χ1v) is 7.06. The van der Waals surface area contributed by atoms with Crippen LogP contribution in [0.3, 0.4) is 0 Å². The highest BCUT2D eigenvalue weighted by Crippen LogP contribution is 2.14. The van der Waals surface area contributed by atoms with Crippen LogP contribution in [0.5, 0.6) is 0 Å². The van der Waals surface area contributed by atoms with Crippen molar-refractivity contribution in [2.24, 2.45) is 0 Å². The first-order valence-electron chi connectivity index (χ1n) is 7.06. The molecule has 2 atom stereocenters. The molecule has 1 aromatic rings. The van der Waals surface area contributed by atoms with Crippen molar-refractivity contribution in [3.63, 3.8) is 0 Å². The normalized spacial score (nSPS) is 19.5. The molecule has 1 saturated heterocycles. The fourth-order valence-electron chi connectivity index (χ4n) is 2.32. The molecule has 6 nitrogen and oxygen atoms in total. The summed E-state index contributed by atoms with van der Waals surface area (Å²) in [6.45, 7) is 1.29. The smallest absolute Gasteiger partial charge is 0.315 e. The minimum absolute atomic E-state index is 0.00115. The number of amides is 2. The number of carboxylic acid groups (broad SMARTS) is 1. The van der Waals surface area contributed by atoms with Crippen LogP contribution < -0.4 is 10.6 Å². The van der Waals surface area contributed by atoms with E-state index >= 15 is 0 Å². The summed E-state index contributed by atoms with van der Waals surface area (Å²) in [4.78, 5) is 23.1. The fourth-order valence-corrected chi connectivity index (χ4v) is 2.32. The predicted molar refractivity (Wildman–Crippen MR) is 77.2 cm³/mol. The zero-order chi connectivity index (χ0) is 15.1. The van der Waals surface area contributed by atoms with Crippen molar-refractivity contribution < 1.29 is 19.4 Å². The van der Waals surface area contributed by atoms with E-state index in [1.165, 1.54) is 0 Å². The van der Waals surface area contributed by atoms with Gasteiger partial charge in [-0.05, 0) is 18.4 Å². The van der Waals surface area contributed by atoms with Gasteiger partial charge in [0.15, 0.2) is 0 Å². The maximum atomic E-state index is 11.8. The molecule has 0 radical (unpaired) electrons. The maximum Gasteiger partial charge on any atom is 0.315 e. The van der Waals surface area contributed by atoms with Crippen molar-refractivity contribution in [2.45, 2.75) is 24.8 Å². The number of aliphatic carboxylic acids is 1. The highest BCUT2D eigenvalue weighted by molar-refractivity contribution is 5.79. The van der Waals surface area contributed by atoms with Crippen LogP contribution in [0.1, 0.15) is 24.3 Å². The van der Waals surface area contributed by atoms with Crippen molar-refractivity contribution in [1.82, 2.24) is 10.6 Å². The molecule has 1 aliphatic heterocycles. The van der Waals surface area contributed by atoms with Crippen LogP contribution in [-0.4, -0.2) is 42.9 Å². The van der Waals surface area contributed by atoms with Crippen molar-refractivity contribution in [3.8, 4) is 0 Å². The molecule has 1 fully saturated rings. The summed E-state index contributed by atoms with van der Waals surface area (Å²) >= 11 is 0. The Morgan fingerprint density at radius 3 is 2.71 bits per heavy atom. The topological polar surface area (TPSA) is 87.7 Å². The summed E-state index contributed by atoms with van der Waals surface area (Å²) in [6, 6.07) is 8.52. The summed E-state index contributed by atoms with van der Waals surface area (Å²) in [7, 11) is 0. The van der Waals surface area contributed by atoms with Crippen LogP contribution in [0, 0.1) is 0 Å². The Morgan fingerprint density at radius 1 is 1.33 bits per heavy atom. The summed E-state index contributed by atoms with van der Waals surface area (Å²) < 4.78 is 5.28. The van der Waals surface area contributed by atoms with Crippen LogP contribution in [-0.2, 0) is 9.53 Å². The number of ether oxygens (including phenoxy) is 1. The standard InChI is InChI=1S/C15H20N2O4/c18-14(19)13(11-5-2-1-3-6-11)9-16-15(20)17-12-7-4-8-21-10-12/h1-3,5-6,12-13H,4,7-10H2,(H,18,19)(H2,16,17,20). The Bertz CT molecular complexity index is 472. The molecular weight excluding hydrogens is 272 g/mol. The van der Waals surface area contributed by atoms with Gasteiger partial charge in [0.1, 0.15) is 0 Å². The van der Waals surface area contributed by atoms with Crippen LogP contribution in [0.4, 0.5) is 4.79 Å². The minimum atomic E-state index is -0.956. The first kappa shape index (κ1) is 15.3. The van der Waals surface area contributed by atoms with E-state index < -0.39 is 11.9 Å². The van der Waals surface area contributed by atoms with Gasteiger partial charge < -0.3 is 20.5 Å². The number of nitrogens with one attached hydrogen (secondary N) is 2. The van der Waals surface area contributed by atoms with E-state index in [9.17, 15) is 14.7 Å². The van der Waals surface area contributed by atoms with Gasteiger partial charge in [0.25, 0.3) is 0 Å². The van der Waals surface area contributed by atoms with Gasteiger partial charge in [-0.1, -0.05) is 30.3 Å². The van der Waals surface area contributed by atoms with Gasteiger partial charge >= 0.3 is 12.0 Å². The summed E-state index contributed by atoms with van der Waals surface area (Å²) in [5, 5.41) is 14.7. The molecule has 1 aliphatic rings. The van der Waals surface area contributed by atoms with Crippen LogP contribution in [0.15, 0.2) is 30.3 Å². The number of benzene rings is 1. The van der Waals surface area contributed by atoms with E-state index in [1.807, 2.05) is 6.07 Å². The highest BCUT2D eigenvalue weighted by Gasteiger charge is 2.21. The summed E-state index contributed by atoms with van der Waals surface area (Å²) in [6.07, 6.45) is 1.81. The number of urea groups is 1. The third kappa shape index (κ3) is 4.75. The van der Waals surface area contributed by atoms with Gasteiger partial charge in [-0.3, -0.25) is 4.79 Å². The minimum Gasteiger partial charge on any atom is -0.481 e. The third-order valence-electron chi connectivity index (χ3n) is 3.46. The average molecular weight is 292 g/mol. The van der Waals surface area contributed by atoms with Crippen LogP contribution in [0.25, 0.3) is 0 Å². The third-order valence-corrected chi connectivity index (χ3v) is 3.46. The van der Waals surface area contributed by atoms with Crippen molar-refractivity contribution in [1.29, 1.82) is 0 Å². The van der Waals surface area contributed by atoms with Crippen molar-refractivity contribution in [3.05, 3.63) is 35.9 Å². The molecule has 21 heavy (non-hydrogen) atoms. The van der Waals surface area contributed by atoms with E-state index in [4.69, 9.17) is 4.74 Å². The fraction of sp³-hybridized carbons (Fsp3) is 0.467. The lowest BCUT2D eigenvalue weighted by Gasteiger charge is -2.23. The second kappa shape index (κ2) is 7.64. The number of carbonyl (C=O) groups is 2. The molecule has 6 heteroatoms. The van der Waals surface area contributed by atoms with Crippen LogP contribution in [0.2, 0.25) is 0 Å². The molecule has 0 saturated carbocycles. The number of rotatable bonds is 5. The maximum absolute atomic E-state index is 11.8. The Balaban J connectivity index is 1.84. The highest BCUT2D eigenvalue weighted by atomic mass is 16.5. The molecule has 2 unspecified atom stereocenters. The summed E-state index contributed by atoms with van der Waals surface area (Å²) in [5.41, 5.74) is 0.672. The molecule has 0 spiro atoms. The SMILES string of the molecule is O=C(NCC(C(=O)O)c1ccccc1)NC1CCCOC1. The molecule has 0 bridgehead atoms. The number of hydrogen-bond acceptors (Lipinski definition) is 3. The molecule has 0 aromatic heterocycles. The zero-order valence-electron chi connectivity index (χ0n) is 11.7. The number of hydrogen-bond donors (Lipinski definition) is 3. The van der Waals surface area contributed by atoms with E-state index in [-0.39, 0.29) is 18.6 Å². The summed E-state index contributed by atoms with van der Waals surface area (Å²) in [5.74, 6) is -1.71. The molecule has 2 amide bonds. The molecule has 2 rings (SSSR count). The first-order chi connectivity index (χ1) is 10.2. The van der Waals surface area contributed by atoms with Crippen molar-refractivity contribution in [2.75, 3.05) is 19.8 Å². The lowest BCUT2D eigenvalue weighted by molar-refractivity contribution is -0.138. The Kier molecular flexibility index (Phi) is 5.57. The molecule has 0 aliphatic carbocycles. The lowest BCUT2D eigenvalue weighted by atomic mass is 9.99. The zero-order valence-corrected chi connectivity index (χ0v) is 11.7. The number of carbonyl (C=O) groups excluding carboxylic acids is 1. The van der Waals surface area contributed by atoms with Gasteiger partial charge in [-0.2, -0.15) is 0 Å². The molecule has 1 heterocycles. The second-order valence-electron chi connectivity index (χ2n) is 5.07. The van der Waals surface area contributed by atoms with Gasteiger partial charge in [-0.25, -0.2) is 4.79 Å². The van der Waals surface area contributed by atoms with Crippen molar-refractivity contribution >= 4 is 12.0 Å². The van der Waals surface area contributed by atoms with Crippen LogP contribution >= 0.6 is 0 Å². The van der Waals surface area contributed by atoms with E-state index in [0.717, 1.165) is 19.4 Å². The molecule has 114 valence electrons. The predicted octanol–water partition coefficient (Wildman–Crippen LogP) is 1.33. The molecule has 3 N–H and O–H groups in total. The van der Waals surface area contributed by atoms with E-state index in [2.05, 4.69) is 10.6 Å². The largest absolute Gasteiger partial charge is 0.481 e. The monoisotopic (exact) mass is 292 g/mol. The van der Waals surface area contributed by atoms with E-state index in [0.29, 0.717) is 12.2 Å².